The van der Waals surface area contributed by atoms with Gasteiger partial charge in [0.2, 0.25) is 5.82 Å². The summed E-state index contributed by atoms with van der Waals surface area (Å²) < 4.78 is 46.1. The molecule has 4 aromatic rings. The van der Waals surface area contributed by atoms with Crippen molar-refractivity contribution in [2.24, 2.45) is 0 Å². The summed E-state index contributed by atoms with van der Waals surface area (Å²) in [5.74, 6) is 0.156. The third-order valence-corrected chi connectivity index (χ3v) is 7.69. The molecule has 0 radical (unpaired) electrons. The van der Waals surface area contributed by atoms with Gasteiger partial charge in [-0.05, 0) is 61.9 Å². The van der Waals surface area contributed by atoms with Gasteiger partial charge < -0.3 is 4.52 Å². The van der Waals surface area contributed by atoms with Gasteiger partial charge in [0.25, 0.3) is 15.9 Å². The van der Waals surface area contributed by atoms with Crippen LogP contribution in [0.25, 0.3) is 22.2 Å². The molecule has 4 rings (SSSR count). The molecule has 0 bridgehead atoms. The zero-order valence-electron chi connectivity index (χ0n) is 16.5. The fourth-order valence-corrected chi connectivity index (χ4v) is 5.64. The molecule has 6 nitrogen and oxygen atoms in total. The van der Waals surface area contributed by atoms with Crippen LogP contribution in [0.5, 0.6) is 0 Å². The SMILES string of the molecule is Cc1cccc(N(C)S(=O)(=O)c2cc(-c3nc(-c4ccc(F)cc4)no3)sc2C)c1. The zero-order valence-corrected chi connectivity index (χ0v) is 18.1. The van der Waals surface area contributed by atoms with Crippen molar-refractivity contribution in [1.82, 2.24) is 10.1 Å². The second-order valence-corrected chi connectivity index (χ2v) is 9.97. The Morgan fingerprint density at radius 3 is 2.50 bits per heavy atom. The minimum atomic E-state index is -3.76. The van der Waals surface area contributed by atoms with Gasteiger partial charge in [0, 0.05) is 17.5 Å². The molecule has 2 aromatic carbocycles. The summed E-state index contributed by atoms with van der Waals surface area (Å²) in [6.07, 6.45) is 0. The van der Waals surface area contributed by atoms with Crippen molar-refractivity contribution in [3.8, 4) is 22.2 Å². The molecule has 0 amide bonds. The maximum absolute atomic E-state index is 13.2. The van der Waals surface area contributed by atoms with Crippen LogP contribution >= 0.6 is 11.3 Å². The Balaban J connectivity index is 1.67. The number of hydrogen-bond acceptors (Lipinski definition) is 6. The molecule has 2 heterocycles. The Morgan fingerprint density at radius 1 is 1.07 bits per heavy atom. The van der Waals surface area contributed by atoms with E-state index >= 15 is 0 Å². The fourth-order valence-electron chi connectivity index (χ4n) is 2.98. The second kappa shape index (κ2) is 7.66. The van der Waals surface area contributed by atoms with Crippen LogP contribution in [-0.4, -0.2) is 25.6 Å². The summed E-state index contributed by atoms with van der Waals surface area (Å²) in [6, 6.07) is 14.6. The first-order valence-corrected chi connectivity index (χ1v) is 11.3. The predicted octanol–water partition coefficient (Wildman–Crippen LogP) is 5.05. The second-order valence-electron chi connectivity index (χ2n) is 6.77. The Kier molecular flexibility index (Phi) is 5.17. The normalized spacial score (nSPS) is 11.6. The average molecular weight is 444 g/mol. The highest BCUT2D eigenvalue weighted by Gasteiger charge is 2.27. The van der Waals surface area contributed by atoms with E-state index in [1.165, 1.54) is 34.8 Å². The van der Waals surface area contributed by atoms with Crippen molar-refractivity contribution in [2.75, 3.05) is 11.4 Å². The third-order valence-electron chi connectivity index (χ3n) is 4.62. The summed E-state index contributed by atoms with van der Waals surface area (Å²) in [5.41, 5.74) is 2.15. The van der Waals surface area contributed by atoms with Crippen LogP contribution in [-0.2, 0) is 10.0 Å². The number of benzene rings is 2. The van der Waals surface area contributed by atoms with E-state index in [0.29, 0.717) is 26.8 Å². The minimum Gasteiger partial charge on any atom is -0.333 e. The van der Waals surface area contributed by atoms with Crippen LogP contribution in [0.1, 0.15) is 10.4 Å². The Hall–Kier alpha value is -3.04. The lowest BCUT2D eigenvalue weighted by molar-refractivity contribution is 0.433. The molecule has 30 heavy (non-hydrogen) atoms. The number of thiophene rings is 1. The van der Waals surface area contributed by atoms with Gasteiger partial charge in [-0.15, -0.1) is 11.3 Å². The molecule has 0 aliphatic rings. The average Bonchev–Trinajstić information content (AvgIpc) is 3.35. The van der Waals surface area contributed by atoms with Crippen molar-refractivity contribution >= 4 is 27.0 Å². The van der Waals surface area contributed by atoms with Gasteiger partial charge in [-0.25, -0.2) is 12.8 Å². The van der Waals surface area contributed by atoms with Crippen LogP contribution in [0.3, 0.4) is 0 Å². The predicted molar refractivity (Wildman–Crippen MR) is 115 cm³/mol. The van der Waals surface area contributed by atoms with E-state index in [-0.39, 0.29) is 16.6 Å². The number of hydrogen-bond donors (Lipinski definition) is 0. The minimum absolute atomic E-state index is 0.188. The molecule has 0 N–H and O–H groups in total. The van der Waals surface area contributed by atoms with Crippen molar-refractivity contribution in [3.63, 3.8) is 0 Å². The highest BCUT2D eigenvalue weighted by Crippen LogP contribution is 2.35. The molecular formula is C21H18FN3O3S2. The molecule has 0 aliphatic carbocycles. The van der Waals surface area contributed by atoms with Gasteiger partial charge in [-0.2, -0.15) is 4.98 Å². The summed E-state index contributed by atoms with van der Waals surface area (Å²) in [7, 11) is -2.24. The van der Waals surface area contributed by atoms with Crippen molar-refractivity contribution < 1.29 is 17.3 Å². The fraction of sp³-hybridized carbons (Fsp3) is 0.143. The van der Waals surface area contributed by atoms with Crippen LogP contribution in [0.2, 0.25) is 0 Å². The van der Waals surface area contributed by atoms with Crippen LogP contribution < -0.4 is 4.31 Å². The van der Waals surface area contributed by atoms with Gasteiger partial charge in [0.05, 0.1) is 10.6 Å². The molecule has 2 aromatic heterocycles. The maximum atomic E-state index is 13.2. The largest absolute Gasteiger partial charge is 0.333 e. The van der Waals surface area contributed by atoms with Crippen molar-refractivity contribution in [1.29, 1.82) is 0 Å². The van der Waals surface area contributed by atoms with E-state index in [9.17, 15) is 12.8 Å². The lowest BCUT2D eigenvalue weighted by Gasteiger charge is -2.19. The molecule has 0 saturated carbocycles. The molecule has 0 fully saturated rings. The van der Waals surface area contributed by atoms with E-state index in [1.807, 2.05) is 25.1 Å². The number of nitrogens with zero attached hydrogens (tertiary/aromatic N) is 3. The van der Waals surface area contributed by atoms with Gasteiger partial charge >= 0.3 is 0 Å². The highest BCUT2D eigenvalue weighted by atomic mass is 32.2. The number of halogens is 1. The first-order chi connectivity index (χ1) is 14.3. The van der Waals surface area contributed by atoms with E-state index in [1.54, 1.807) is 31.2 Å². The molecule has 0 unspecified atom stereocenters. The van der Waals surface area contributed by atoms with Crippen LogP contribution in [0.4, 0.5) is 10.1 Å². The summed E-state index contributed by atoms with van der Waals surface area (Å²) in [6.45, 7) is 3.65. The smallest absolute Gasteiger partial charge is 0.268 e. The van der Waals surface area contributed by atoms with E-state index in [2.05, 4.69) is 10.1 Å². The van der Waals surface area contributed by atoms with Gasteiger partial charge in [-0.1, -0.05) is 17.3 Å². The highest BCUT2D eigenvalue weighted by molar-refractivity contribution is 7.93. The number of aromatic nitrogens is 2. The maximum Gasteiger partial charge on any atom is 0.268 e. The van der Waals surface area contributed by atoms with Crippen molar-refractivity contribution in [2.45, 2.75) is 18.7 Å². The number of aryl methyl sites for hydroxylation is 2. The standard InChI is InChI=1S/C21H18FN3O3S2/c1-13-5-4-6-17(11-13)25(3)30(26,27)19-12-18(29-14(19)2)21-23-20(24-28-21)15-7-9-16(22)10-8-15/h4-12H,1-3H3. The summed E-state index contributed by atoms with van der Waals surface area (Å²) in [5, 5.41) is 3.92. The number of rotatable bonds is 5. The van der Waals surface area contributed by atoms with E-state index in [4.69, 9.17) is 4.52 Å². The van der Waals surface area contributed by atoms with Gasteiger partial charge in [-0.3, -0.25) is 4.31 Å². The molecule has 9 heteroatoms. The first kappa shape index (κ1) is 20.2. The third kappa shape index (κ3) is 3.73. The van der Waals surface area contributed by atoms with Crippen molar-refractivity contribution in [3.05, 3.63) is 70.9 Å². The summed E-state index contributed by atoms with van der Waals surface area (Å²) in [4.78, 5) is 5.68. The van der Waals surface area contributed by atoms with Crippen LogP contribution in [0.15, 0.2) is 64.0 Å². The Bertz CT molecular complexity index is 1310. The van der Waals surface area contributed by atoms with Gasteiger partial charge in [0.15, 0.2) is 0 Å². The quantitative estimate of drug-likeness (QED) is 0.432. The van der Waals surface area contributed by atoms with E-state index in [0.717, 1.165) is 5.56 Å². The first-order valence-electron chi connectivity index (χ1n) is 9.02. The Labute approximate surface area is 177 Å². The zero-order chi connectivity index (χ0) is 21.5. The molecule has 0 atom stereocenters. The lowest BCUT2D eigenvalue weighted by atomic mass is 10.2. The summed E-state index contributed by atoms with van der Waals surface area (Å²) >= 11 is 1.26. The topological polar surface area (TPSA) is 76.3 Å². The lowest BCUT2D eigenvalue weighted by Crippen LogP contribution is -2.26. The van der Waals surface area contributed by atoms with E-state index < -0.39 is 10.0 Å². The molecule has 0 saturated heterocycles. The Morgan fingerprint density at radius 2 is 1.80 bits per heavy atom. The molecule has 0 aliphatic heterocycles. The number of anilines is 1. The van der Waals surface area contributed by atoms with Gasteiger partial charge in [0.1, 0.15) is 10.7 Å². The molecular weight excluding hydrogens is 425 g/mol. The molecule has 154 valence electrons. The van der Waals surface area contributed by atoms with Crippen LogP contribution in [0, 0.1) is 19.7 Å². The monoisotopic (exact) mass is 443 g/mol. The number of sulfonamides is 1. The molecule has 0 spiro atoms.